The van der Waals surface area contributed by atoms with Gasteiger partial charge >= 0.3 is 0 Å². The quantitative estimate of drug-likeness (QED) is 0.802. The fourth-order valence-corrected chi connectivity index (χ4v) is 2.08. The van der Waals surface area contributed by atoms with Gasteiger partial charge in [0.2, 0.25) is 0 Å². The highest BCUT2D eigenvalue weighted by molar-refractivity contribution is 5.64. The minimum absolute atomic E-state index is 0.261. The van der Waals surface area contributed by atoms with Crippen LogP contribution in [0.4, 0.5) is 15.8 Å². The van der Waals surface area contributed by atoms with E-state index in [9.17, 15) is 4.39 Å². The number of rotatable bonds is 5. The number of anilines is 2. The Balaban J connectivity index is 2.34. The molecule has 0 heterocycles. The summed E-state index contributed by atoms with van der Waals surface area (Å²) in [4.78, 5) is 2.12. The van der Waals surface area contributed by atoms with Gasteiger partial charge in [-0.1, -0.05) is 6.92 Å². The van der Waals surface area contributed by atoms with Crippen LogP contribution < -0.4 is 15.4 Å². The molecule has 1 fully saturated rings. The van der Waals surface area contributed by atoms with Crippen molar-refractivity contribution in [1.29, 1.82) is 0 Å². The van der Waals surface area contributed by atoms with Gasteiger partial charge in [0.25, 0.3) is 0 Å². The molecular weight excluding hydrogens is 219 g/mol. The van der Waals surface area contributed by atoms with Gasteiger partial charge in [0, 0.05) is 24.7 Å². The zero-order valence-electron chi connectivity index (χ0n) is 10.4. The number of nitrogen functional groups attached to an aromatic ring is 1. The van der Waals surface area contributed by atoms with Crippen LogP contribution in [-0.2, 0) is 0 Å². The number of nitrogens with zero attached hydrogens (tertiary/aromatic N) is 1. The van der Waals surface area contributed by atoms with Crippen LogP contribution in [0.2, 0.25) is 0 Å². The first-order chi connectivity index (χ1) is 8.17. The molecule has 94 valence electrons. The minimum Gasteiger partial charge on any atom is -0.495 e. The molecule has 17 heavy (non-hydrogen) atoms. The Hall–Kier alpha value is -1.45. The lowest BCUT2D eigenvalue weighted by molar-refractivity contribution is 0.416. The van der Waals surface area contributed by atoms with Gasteiger partial charge in [0.15, 0.2) is 0 Å². The van der Waals surface area contributed by atoms with Gasteiger partial charge in [-0.25, -0.2) is 4.39 Å². The highest BCUT2D eigenvalue weighted by Gasteiger charge is 2.30. The van der Waals surface area contributed by atoms with E-state index in [0.29, 0.717) is 23.2 Å². The van der Waals surface area contributed by atoms with E-state index in [1.54, 1.807) is 13.2 Å². The molecule has 1 saturated carbocycles. The third kappa shape index (κ3) is 2.46. The molecule has 0 bridgehead atoms. The van der Waals surface area contributed by atoms with E-state index < -0.39 is 0 Å². The molecule has 0 radical (unpaired) electrons. The first kappa shape index (κ1) is 12.0. The van der Waals surface area contributed by atoms with E-state index in [4.69, 9.17) is 10.5 Å². The molecule has 0 saturated heterocycles. The Morgan fingerprint density at radius 2 is 2.18 bits per heavy atom. The van der Waals surface area contributed by atoms with Gasteiger partial charge < -0.3 is 15.4 Å². The second kappa shape index (κ2) is 4.82. The van der Waals surface area contributed by atoms with Crippen molar-refractivity contribution in [3.8, 4) is 5.75 Å². The summed E-state index contributed by atoms with van der Waals surface area (Å²) in [6.45, 7) is 2.97. The SMILES string of the molecule is CCCN(c1cc(OC)c(N)cc1F)C1CC1. The third-order valence-corrected chi connectivity index (χ3v) is 3.06. The van der Waals surface area contributed by atoms with Crippen LogP contribution in [0.5, 0.6) is 5.75 Å². The average molecular weight is 238 g/mol. The Labute approximate surface area is 101 Å². The van der Waals surface area contributed by atoms with E-state index in [1.165, 1.54) is 6.07 Å². The molecule has 2 N–H and O–H groups in total. The number of hydrogen-bond acceptors (Lipinski definition) is 3. The van der Waals surface area contributed by atoms with E-state index >= 15 is 0 Å². The molecule has 0 spiro atoms. The summed E-state index contributed by atoms with van der Waals surface area (Å²) in [7, 11) is 1.55. The number of ether oxygens (including phenoxy) is 1. The lowest BCUT2D eigenvalue weighted by atomic mass is 10.2. The van der Waals surface area contributed by atoms with Crippen LogP contribution in [0, 0.1) is 5.82 Å². The standard InChI is InChI=1S/C13H19FN2O/c1-3-6-16(9-4-5-9)12-8-13(17-2)11(15)7-10(12)14/h7-9H,3-6,15H2,1-2H3. The lowest BCUT2D eigenvalue weighted by Gasteiger charge is -2.25. The van der Waals surface area contributed by atoms with Crippen LogP contribution in [0.15, 0.2) is 12.1 Å². The first-order valence-electron chi connectivity index (χ1n) is 6.07. The Bertz CT molecular complexity index is 405. The summed E-state index contributed by atoms with van der Waals surface area (Å²) in [5.41, 5.74) is 6.64. The van der Waals surface area contributed by atoms with Gasteiger partial charge in [-0.3, -0.25) is 0 Å². The second-order valence-electron chi connectivity index (χ2n) is 4.47. The van der Waals surface area contributed by atoms with Crippen molar-refractivity contribution >= 4 is 11.4 Å². The number of methoxy groups -OCH3 is 1. The van der Waals surface area contributed by atoms with Crippen LogP contribution in [0.1, 0.15) is 26.2 Å². The molecule has 0 atom stereocenters. The molecule has 0 amide bonds. The van der Waals surface area contributed by atoms with E-state index in [-0.39, 0.29) is 5.82 Å². The summed E-state index contributed by atoms with van der Waals surface area (Å²) in [6, 6.07) is 3.54. The van der Waals surface area contributed by atoms with Crippen molar-refractivity contribution in [3.05, 3.63) is 17.9 Å². The maximum Gasteiger partial charge on any atom is 0.148 e. The Kier molecular flexibility index (Phi) is 3.41. The van der Waals surface area contributed by atoms with Crippen LogP contribution >= 0.6 is 0 Å². The van der Waals surface area contributed by atoms with E-state index in [0.717, 1.165) is 25.8 Å². The third-order valence-electron chi connectivity index (χ3n) is 3.06. The van der Waals surface area contributed by atoms with Crippen molar-refractivity contribution in [2.75, 3.05) is 24.3 Å². The Morgan fingerprint density at radius 3 is 2.71 bits per heavy atom. The molecule has 4 heteroatoms. The molecule has 2 rings (SSSR count). The van der Waals surface area contributed by atoms with Crippen LogP contribution in [-0.4, -0.2) is 19.7 Å². The molecular formula is C13H19FN2O. The van der Waals surface area contributed by atoms with Gasteiger partial charge in [-0.15, -0.1) is 0 Å². The summed E-state index contributed by atoms with van der Waals surface area (Å²) >= 11 is 0. The normalized spacial score (nSPS) is 14.8. The van der Waals surface area contributed by atoms with Crippen LogP contribution in [0.25, 0.3) is 0 Å². The summed E-state index contributed by atoms with van der Waals surface area (Å²) < 4.78 is 19.1. The van der Waals surface area contributed by atoms with Crippen molar-refractivity contribution in [1.82, 2.24) is 0 Å². The smallest absolute Gasteiger partial charge is 0.148 e. The highest BCUT2D eigenvalue weighted by Crippen LogP contribution is 2.37. The van der Waals surface area contributed by atoms with Crippen LogP contribution in [0.3, 0.4) is 0 Å². The van der Waals surface area contributed by atoms with E-state index in [1.807, 2.05) is 0 Å². The van der Waals surface area contributed by atoms with Gasteiger partial charge in [0.05, 0.1) is 18.5 Å². The highest BCUT2D eigenvalue weighted by atomic mass is 19.1. The molecule has 0 unspecified atom stereocenters. The monoisotopic (exact) mass is 238 g/mol. The second-order valence-corrected chi connectivity index (χ2v) is 4.47. The van der Waals surface area contributed by atoms with Crippen molar-refractivity contribution in [3.63, 3.8) is 0 Å². The fourth-order valence-electron chi connectivity index (χ4n) is 2.08. The zero-order valence-corrected chi connectivity index (χ0v) is 10.4. The Morgan fingerprint density at radius 1 is 1.47 bits per heavy atom. The average Bonchev–Trinajstić information content (AvgIpc) is 3.11. The maximum atomic E-state index is 14.0. The summed E-state index contributed by atoms with van der Waals surface area (Å²) in [5, 5.41) is 0. The van der Waals surface area contributed by atoms with Gasteiger partial charge in [0.1, 0.15) is 11.6 Å². The van der Waals surface area contributed by atoms with Crippen molar-refractivity contribution < 1.29 is 9.13 Å². The van der Waals surface area contributed by atoms with Crippen molar-refractivity contribution in [2.24, 2.45) is 0 Å². The molecule has 1 aromatic rings. The molecule has 0 aromatic heterocycles. The number of hydrogen-bond donors (Lipinski definition) is 1. The summed E-state index contributed by atoms with van der Waals surface area (Å²) in [5.74, 6) is 0.284. The zero-order chi connectivity index (χ0) is 12.4. The predicted molar refractivity (Wildman–Crippen MR) is 68.0 cm³/mol. The minimum atomic E-state index is -0.261. The molecule has 1 aliphatic rings. The largest absolute Gasteiger partial charge is 0.495 e. The molecule has 1 aliphatic carbocycles. The van der Waals surface area contributed by atoms with Crippen molar-refractivity contribution in [2.45, 2.75) is 32.2 Å². The number of nitrogens with two attached hydrogens (primary N) is 1. The van der Waals surface area contributed by atoms with E-state index in [2.05, 4.69) is 11.8 Å². The fraction of sp³-hybridized carbons (Fsp3) is 0.538. The number of benzene rings is 1. The molecule has 1 aromatic carbocycles. The van der Waals surface area contributed by atoms with Gasteiger partial charge in [-0.2, -0.15) is 0 Å². The lowest BCUT2D eigenvalue weighted by Crippen LogP contribution is -2.27. The maximum absolute atomic E-state index is 14.0. The summed E-state index contributed by atoms with van der Waals surface area (Å²) in [6.07, 6.45) is 3.29. The molecule has 3 nitrogen and oxygen atoms in total. The topological polar surface area (TPSA) is 38.5 Å². The first-order valence-corrected chi connectivity index (χ1v) is 6.07. The predicted octanol–water partition coefficient (Wildman–Crippen LogP) is 2.80. The molecule has 0 aliphatic heterocycles. The number of halogens is 1. The van der Waals surface area contributed by atoms with Gasteiger partial charge in [-0.05, 0) is 19.3 Å².